The minimum absolute atomic E-state index is 0. The van der Waals surface area contributed by atoms with Gasteiger partial charge < -0.3 is 5.11 Å². The number of aliphatic hydroxyl groups excluding tert-OH is 1. The van der Waals surface area contributed by atoms with Crippen LogP contribution in [0.2, 0.25) is 0 Å². The quantitative estimate of drug-likeness (QED) is 0.440. The van der Waals surface area contributed by atoms with Crippen LogP contribution in [0.25, 0.3) is 0 Å². The third kappa shape index (κ3) is 21.3. The van der Waals surface area contributed by atoms with E-state index in [2.05, 4.69) is 6.92 Å². The summed E-state index contributed by atoms with van der Waals surface area (Å²) >= 11 is 0. The maximum atomic E-state index is 8.59. The van der Waals surface area contributed by atoms with E-state index in [1.54, 1.807) is 0 Å². The molecule has 0 saturated carbocycles. The zero-order chi connectivity index (χ0) is 10.5. The third-order valence-electron chi connectivity index (χ3n) is 2.76. The summed E-state index contributed by atoms with van der Waals surface area (Å²) in [6.45, 7) is 2.64. The zero-order valence-corrected chi connectivity index (χ0v) is 9.93. The van der Waals surface area contributed by atoms with Crippen LogP contribution in [0.15, 0.2) is 0 Å². The van der Waals surface area contributed by atoms with Gasteiger partial charge >= 0.3 is 59.1 Å². The van der Waals surface area contributed by atoms with Gasteiger partial charge in [-0.2, -0.15) is 0 Å². The molecule has 1 nitrogen and oxygen atoms in total. The second kappa shape index (κ2) is 22.2. The number of aliphatic hydroxyl groups is 1. The third-order valence-corrected chi connectivity index (χ3v) is 2.76. The van der Waals surface area contributed by atoms with Crippen molar-refractivity contribution in [2.45, 2.75) is 77.6 Å². The Morgan fingerprint density at radius 3 is 1.19 bits per heavy atom. The Kier molecular flexibility index (Phi) is 32.0. The summed E-state index contributed by atoms with van der Waals surface area (Å²) in [4.78, 5) is 0. The summed E-state index contributed by atoms with van der Waals surface area (Å²) in [6.07, 6.45) is 14.8. The van der Waals surface area contributed by atoms with Crippen LogP contribution in [-0.4, -0.2) is 70.8 Å². The Morgan fingerprint density at radius 2 is 0.875 bits per heavy atom. The molecular formula is C13H30Na2O. The Morgan fingerprint density at radius 1 is 0.562 bits per heavy atom. The van der Waals surface area contributed by atoms with Crippen LogP contribution in [-0.2, 0) is 0 Å². The van der Waals surface area contributed by atoms with Crippen LogP contribution in [0, 0.1) is 0 Å². The van der Waals surface area contributed by atoms with Crippen molar-refractivity contribution in [2.24, 2.45) is 0 Å². The fourth-order valence-corrected chi connectivity index (χ4v) is 1.78. The van der Waals surface area contributed by atoms with Gasteiger partial charge in [-0.15, -0.1) is 0 Å². The van der Waals surface area contributed by atoms with Gasteiger partial charge in [0.25, 0.3) is 0 Å². The Balaban J connectivity index is -0.000000845. The van der Waals surface area contributed by atoms with E-state index in [4.69, 9.17) is 5.11 Å². The Bertz CT molecular complexity index is 87.9. The SMILES string of the molecule is CCCCCCCCCCCCCO.[NaH].[NaH]. The van der Waals surface area contributed by atoms with E-state index in [-0.39, 0.29) is 59.1 Å². The number of rotatable bonds is 11. The first-order valence-electron chi connectivity index (χ1n) is 6.52. The van der Waals surface area contributed by atoms with E-state index >= 15 is 0 Å². The average molecular weight is 248 g/mol. The van der Waals surface area contributed by atoms with Crippen molar-refractivity contribution in [3.8, 4) is 0 Å². The summed E-state index contributed by atoms with van der Waals surface area (Å²) in [5.74, 6) is 0. The van der Waals surface area contributed by atoms with E-state index in [0.29, 0.717) is 6.61 Å². The van der Waals surface area contributed by atoms with Crippen LogP contribution >= 0.6 is 0 Å². The molecule has 90 valence electrons. The molecule has 0 bridgehead atoms. The summed E-state index contributed by atoms with van der Waals surface area (Å²) in [6, 6.07) is 0. The van der Waals surface area contributed by atoms with E-state index in [1.165, 1.54) is 64.2 Å². The molecule has 0 heterocycles. The molecule has 1 N–H and O–H groups in total. The molecule has 0 radical (unpaired) electrons. The van der Waals surface area contributed by atoms with Crippen molar-refractivity contribution >= 4 is 59.1 Å². The average Bonchev–Trinajstić information content (AvgIpc) is 2.21. The number of hydrogen-bond acceptors (Lipinski definition) is 1. The fourth-order valence-electron chi connectivity index (χ4n) is 1.78. The maximum absolute atomic E-state index is 8.59. The summed E-state index contributed by atoms with van der Waals surface area (Å²) in [5.41, 5.74) is 0. The van der Waals surface area contributed by atoms with Gasteiger partial charge in [-0.3, -0.25) is 0 Å². The first kappa shape index (κ1) is 23.1. The Labute approximate surface area is 147 Å². The van der Waals surface area contributed by atoms with E-state index in [9.17, 15) is 0 Å². The van der Waals surface area contributed by atoms with Crippen LogP contribution < -0.4 is 0 Å². The molecule has 0 aliphatic carbocycles. The fraction of sp³-hybridized carbons (Fsp3) is 1.00. The number of hydrogen-bond donors (Lipinski definition) is 1. The van der Waals surface area contributed by atoms with Crippen LogP contribution in [0.5, 0.6) is 0 Å². The zero-order valence-electron chi connectivity index (χ0n) is 9.93. The van der Waals surface area contributed by atoms with Gasteiger partial charge in [0.1, 0.15) is 0 Å². The molecule has 0 rings (SSSR count). The second-order valence-corrected chi connectivity index (χ2v) is 4.26. The molecule has 16 heavy (non-hydrogen) atoms. The summed E-state index contributed by atoms with van der Waals surface area (Å²) in [7, 11) is 0. The van der Waals surface area contributed by atoms with Gasteiger partial charge in [-0.25, -0.2) is 0 Å². The van der Waals surface area contributed by atoms with Crippen LogP contribution in [0.4, 0.5) is 0 Å². The molecule has 0 aliphatic heterocycles. The van der Waals surface area contributed by atoms with Gasteiger partial charge in [0, 0.05) is 6.61 Å². The first-order valence-corrected chi connectivity index (χ1v) is 6.52. The predicted octanol–water partition coefficient (Wildman–Crippen LogP) is 2.99. The Hall–Kier alpha value is 1.96. The van der Waals surface area contributed by atoms with Gasteiger partial charge in [0.2, 0.25) is 0 Å². The number of unbranched alkanes of at least 4 members (excludes halogenated alkanes) is 10. The van der Waals surface area contributed by atoms with Crippen molar-refractivity contribution in [2.75, 3.05) is 6.61 Å². The van der Waals surface area contributed by atoms with Gasteiger partial charge in [0.05, 0.1) is 0 Å². The molecule has 0 aromatic carbocycles. The van der Waals surface area contributed by atoms with Gasteiger partial charge in [-0.05, 0) is 6.42 Å². The monoisotopic (exact) mass is 248 g/mol. The van der Waals surface area contributed by atoms with Crippen molar-refractivity contribution in [3.05, 3.63) is 0 Å². The van der Waals surface area contributed by atoms with E-state index in [1.807, 2.05) is 0 Å². The van der Waals surface area contributed by atoms with Gasteiger partial charge in [-0.1, -0.05) is 71.1 Å². The molecule has 0 amide bonds. The molecule has 0 aromatic heterocycles. The van der Waals surface area contributed by atoms with Crippen molar-refractivity contribution in [3.63, 3.8) is 0 Å². The molecule has 0 unspecified atom stereocenters. The molecule has 0 spiro atoms. The minimum atomic E-state index is 0. The van der Waals surface area contributed by atoms with Crippen molar-refractivity contribution < 1.29 is 5.11 Å². The molecule has 0 aliphatic rings. The topological polar surface area (TPSA) is 20.2 Å². The molecule has 0 saturated heterocycles. The van der Waals surface area contributed by atoms with Gasteiger partial charge in [0.15, 0.2) is 0 Å². The molecule has 0 aromatic rings. The molecular weight excluding hydrogens is 218 g/mol. The van der Waals surface area contributed by atoms with E-state index < -0.39 is 0 Å². The predicted molar refractivity (Wildman–Crippen MR) is 77.8 cm³/mol. The molecule has 3 heteroatoms. The second-order valence-electron chi connectivity index (χ2n) is 4.26. The molecule has 0 fully saturated rings. The van der Waals surface area contributed by atoms with Crippen molar-refractivity contribution in [1.29, 1.82) is 0 Å². The van der Waals surface area contributed by atoms with E-state index in [0.717, 1.165) is 6.42 Å². The summed E-state index contributed by atoms with van der Waals surface area (Å²) in [5, 5.41) is 8.59. The van der Waals surface area contributed by atoms with Crippen LogP contribution in [0.3, 0.4) is 0 Å². The normalized spacial score (nSPS) is 9.38. The molecule has 0 atom stereocenters. The standard InChI is InChI=1S/C13H28O.2Na.2H/c1-2-3-4-5-6-7-8-9-10-11-12-13-14;;;;/h14H,2-13H2,1H3;;;;. The first-order chi connectivity index (χ1) is 6.91. The van der Waals surface area contributed by atoms with Crippen LogP contribution in [0.1, 0.15) is 77.6 Å². The summed E-state index contributed by atoms with van der Waals surface area (Å²) < 4.78 is 0. The van der Waals surface area contributed by atoms with Crippen molar-refractivity contribution in [1.82, 2.24) is 0 Å².